The largest absolute Gasteiger partial charge is 0.496 e. The Kier molecular flexibility index (Phi) is 7.01. The molecule has 0 bridgehead atoms. The van der Waals surface area contributed by atoms with E-state index in [1.165, 1.54) is 0 Å². The van der Waals surface area contributed by atoms with Crippen molar-refractivity contribution in [2.75, 3.05) is 19.0 Å². The quantitative estimate of drug-likeness (QED) is 0.698. The van der Waals surface area contributed by atoms with Gasteiger partial charge < -0.3 is 20.5 Å². The molecule has 6 nitrogen and oxygen atoms in total. The van der Waals surface area contributed by atoms with E-state index in [0.29, 0.717) is 24.4 Å². The van der Waals surface area contributed by atoms with Gasteiger partial charge in [-0.3, -0.25) is 4.79 Å². The van der Waals surface area contributed by atoms with Crippen LogP contribution in [0.5, 0.6) is 5.75 Å². The van der Waals surface area contributed by atoms with Crippen LogP contribution in [0.25, 0.3) is 0 Å². The van der Waals surface area contributed by atoms with Crippen LogP contribution in [-0.4, -0.2) is 30.8 Å². The lowest BCUT2D eigenvalue weighted by atomic mass is 10.0. The van der Waals surface area contributed by atoms with Gasteiger partial charge in [0.05, 0.1) is 11.6 Å². The zero-order valence-electron chi connectivity index (χ0n) is 12.0. The number of hydrogen-bond acceptors (Lipinski definition) is 3. The van der Waals surface area contributed by atoms with E-state index in [2.05, 4.69) is 26.6 Å². The van der Waals surface area contributed by atoms with Crippen molar-refractivity contribution in [3.05, 3.63) is 22.7 Å². The molecule has 1 rings (SSSR count). The van der Waals surface area contributed by atoms with Gasteiger partial charge in [-0.1, -0.05) is 13.3 Å². The van der Waals surface area contributed by atoms with Crippen molar-refractivity contribution in [2.45, 2.75) is 19.8 Å². The summed E-state index contributed by atoms with van der Waals surface area (Å²) in [5, 5.41) is 14.1. The number of ether oxygens (including phenoxy) is 1. The summed E-state index contributed by atoms with van der Waals surface area (Å²) in [5.41, 5.74) is 0.617. The molecule has 3 N–H and O–H groups in total. The van der Waals surface area contributed by atoms with E-state index in [0.717, 1.165) is 4.47 Å². The van der Waals surface area contributed by atoms with Crippen LogP contribution in [0.2, 0.25) is 0 Å². The average molecular weight is 359 g/mol. The highest BCUT2D eigenvalue weighted by Gasteiger charge is 2.12. The van der Waals surface area contributed by atoms with Crippen molar-refractivity contribution < 1.29 is 19.4 Å². The fourth-order valence-corrected chi connectivity index (χ4v) is 2.30. The Morgan fingerprint density at radius 2 is 2.14 bits per heavy atom. The number of amides is 2. The van der Waals surface area contributed by atoms with Crippen molar-refractivity contribution in [3.63, 3.8) is 0 Å². The standard InChI is InChI=1S/C14H19BrN2O4/c1-3-9(6-13(18)19)8-16-14(20)17-10-4-5-12(21-2)11(15)7-10/h4-5,7,9H,3,6,8H2,1-2H3,(H,18,19)(H2,16,17,20). The molecular formula is C14H19BrN2O4. The van der Waals surface area contributed by atoms with Crippen molar-refractivity contribution in [1.82, 2.24) is 5.32 Å². The normalized spacial score (nSPS) is 11.6. The molecule has 0 aliphatic heterocycles. The molecule has 0 saturated carbocycles. The maximum absolute atomic E-state index is 11.8. The van der Waals surface area contributed by atoms with Crippen molar-refractivity contribution in [2.24, 2.45) is 5.92 Å². The minimum Gasteiger partial charge on any atom is -0.496 e. The van der Waals surface area contributed by atoms with Gasteiger partial charge in [0.1, 0.15) is 5.75 Å². The number of carbonyl (C=O) groups excluding carboxylic acids is 1. The number of nitrogens with one attached hydrogen (secondary N) is 2. The second kappa shape index (κ2) is 8.51. The van der Waals surface area contributed by atoms with Gasteiger partial charge in [-0.25, -0.2) is 4.79 Å². The van der Waals surface area contributed by atoms with E-state index < -0.39 is 5.97 Å². The number of methoxy groups -OCH3 is 1. The summed E-state index contributed by atoms with van der Waals surface area (Å²) in [5.74, 6) is -0.257. The van der Waals surface area contributed by atoms with Crippen LogP contribution in [0.3, 0.4) is 0 Å². The molecule has 0 radical (unpaired) electrons. The van der Waals surface area contributed by atoms with Gasteiger partial charge in [0.25, 0.3) is 0 Å². The summed E-state index contributed by atoms with van der Waals surface area (Å²) >= 11 is 3.34. The first-order valence-electron chi connectivity index (χ1n) is 6.56. The topological polar surface area (TPSA) is 87.7 Å². The first-order chi connectivity index (χ1) is 9.96. The molecule has 21 heavy (non-hydrogen) atoms. The van der Waals surface area contributed by atoms with Gasteiger partial charge in [-0.15, -0.1) is 0 Å². The van der Waals surface area contributed by atoms with E-state index in [1.807, 2.05) is 6.92 Å². The molecule has 0 aliphatic carbocycles. The van der Waals surface area contributed by atoms with Crippen LogP contribution in [0, 0.1) is 5.92 Å². The fourth-order valence-electron chi connectivity index (χ4n) is 1.76. The summed E-state index contributed by atoms with van der Waals surface area (Å²) in [6.45, 7) is 2.22. The average Bonchev–Trinajstić information content (AvgIpc) is 2.43. The maximum Gasteiger partial charge on any atom is 0.319 e. The third kappa shape index (κ3) is 6.03. The van der Waals surface area contributed by atoms with Crippen LogP contribution in [0.15, 0.2) is 22.7 Å². The lowest BCUT2D eigenvalue weighted by molar-refractivity contribution is -0.138. The van der Waals surface area contributed by atoms with Crippen LogP contribution >= 0.6 is 15.9 Å². The number of benzene rings is 1. The Morgan fingerprint density at radius 3 is 2.67 bits per heavy atom. The zero-order chi connectivity index (χ0) is 15.8. The number of anilines is 1. The fraction of sp³-hybridized carbons (Fsp3) is 0.429. The first kappa shape index (κ1) is 17.3. The van der Waals surface area contributed by atoms with E-state index in [1.54, 1.807) is 25.3 Å². The number of carboxylic acids is 1. The molecule has 0 aromatic heterocycles. The second-order valence-corrected chi connectivity index (χ2v) is 5.41. The smallest absolute Gasteiger partial charge is 0.319 e. The Labute approximate surface area is 132 Å². The minimum atomic E-state index is -0.858. The summed E-state index contributed by atoms with van der Waals surface area (Å²) in [4.78, 5) is 22.4. The van der Waals surface area contributed by atoms with Crippen LogP contribution in [0.1, 0.15) is 19.8 Å². The molecule has 1 aromatic carbocycles. The van der Waals surface area contributed by atoms with Crippen molar-refractivity contribution >= 4 is 33.6 Å². The van der Waals surface area contributed by atoms with Crippen LogP contribution in [-0.2, 0) is 4.79 Å². The Balaban J connectivity index is 2.50. The van der Waals surface area contributed by atoms with Gasteiger partial charge in [0.15, 0.2) is 0 Å². The monoisotopic (exact) mass is 358 g/mol. The highest BCUT2D eigenvalue weighted by atomic mass is 79.9. The van der Waals surface area contributed by atoms with Crippen LogP contribution in [0.4, 0.5) is 10.5 Å². The molecule has 1 atom stereocenters. The molecule has 0 fully saturated rings. The number of carboxylic acid groups (broad SMARTS) is 1. The molecule has 2 amide bonds. The number of aliphatic carboxylic acids is 1. The second-order valence-electron chi connectivity index (χ2n) is 4.56. The molecule has 0 saturated heterocycles. The minimum absolute atomic E-state index is 0.0465. The zero-order valence-corrected chi connectivity index (χ0v) is 13.6. The predicted molar refractivity (Wildman–Crippen MR) is 83.7 cm³/mol. The summed E-state index contributed by atoms with van der Waals surface area (Å²) in [6.07, 6.45) is 0.742. The van der Waals surface area contributed by atoms with Gasteiger partial charge in [-0.05, 0) is 40.0 Å². The van der Waals surface area contributed by atoms with E-state index in [-0.39, 0.29) is 18.4 Å². The SMILES string of the molecule is CCC(CNC(=O)Nc1ccc(OC)c(Br)c1)CC(=O)O. The van der Waals surface area contributed by atoms with E-state index in [9.17, 15) is 9.59 Å². The third-order valence-corrected chi connectivity index (χ3v) is 3.62. The first-order valence-corrected chi connectivity index (χ1v) is 7.35. The van der Waals surface area contributed by atoms with Crippen LogP contribution < -0.4 is 15.4 Å². The molecule has 1 unspecified atom stereocenters. The van der Waals surface area contributed by atoms with Gasteiger partial charge in [0, 0.05) is 18.7 Å². The molecule has 0 aliphatic rings. The lowest BCUT2D eigenvalue weighted by Crippen LogP contribution is -2.33. The van der Waals surface area contributed by atoms with Crippen molar-refractivity contribution in [1.29, 1.82) is 0 Å². The maximum atomic E-state index is 11.8. The Hall–Kier alpha value is -1.76. The highest BCUT2D eigenvalue weighted by molar-refractivity contribution is 9.10. The van der Waals surface area contributed by atoms with Gasteiger partial charge in [-0.2, -0.15) is 0 Å². The third-order valence-electron chi connectivity index (χ3n) is 3.00. The summed E-state index contributed by atoms with van der Waals surface area (Å²) in [6, 6.07) is 4.82. The number of rotatable bonds is 7. The number of halogens is 1. The number of carbonyl (C=O) groups is 2. The van der Waals surface area contributed by atoms with Gasteiger partial charge in [0.2, 0.25) is 0 Å². The molecule has 0 spiro atoms. The molecule has 1 aromatic rings. The highest BCUT2D eigenvalue weighted by Crippen LogP contribution is 2.27. The predicted octanol–water partition coefficient (Wildman–Crippen LogP) is 3.08. The summed E-state index contributed by atoms with van der Waals surface area (Å²) < 4.78 is 5.84. The van der Waals surface area contributed by atoms with Crippen molar-refractivity contribution in [3.8, 4) is 5.75 Å². The lowest BCUT2D eigenvalue weighted by Gasteiger charge is -2.14. The number of hydrogen-bond donors (Lipinski definition) is 3. The van der Waals surface area contributed by atoms with Gasteiger partial charge >= 0.3 is 12.0 Å². The van der Waals surface area contributed by atoms with E-state index in [4.69, 9.17) is 9.84 Å². The Morgan fingerprint density at radius 1 is 1.43 bits per heavy atom. The number of urea groups is 1. The molecule has 0 heterocycles. The summed E-state index contributed by atoms with van der Waals surface area (Å²) in [7, 11) is 1.56. The molecule has 116 valence electrons. The molecule has 7 heteroatoms. The molecular weight excluding hydrogens is 340 g/mol. The van der Waals surface area contributed by atoms with E-state index >= 15 is 0 Å². The Bertz CT molecular complexity index is 508.